The number of β-amino-alcohol motifs (C(OH)–C–C–N with tert-alkyl or cyclic N) is 1. The number of rotatable bonds is 7. The Labute approximate surface area is 175 Å². The molecule has 2 aliphatic heterocycles. The Morgan fingerprint density at radius 1 is 1.27 bits per heavy atom. The van der Waals surface area contributed by atoms with Crippen LogP contribution in [0.15, 0.2) is 4.99 Å². The molecule has 0 amide bonds. The molecule has 0 radical (unpaired) electrons. The van der Waals surface area contributed by atoms with Gasteiger partial charge >= 0.3 is 0 Å². The molecule has 2 rings (SSSR count). The third-order valence-corrected chi connectivity index (χ3v) is 4.87. The maximum Gasteiger partial charge on any atom is 0.191 e. The number of halogens is 1. The molecule has 2 atom stereocenters. The van der Waals surface area contributed by atoms with Crippen molar-refractivity contribution >= 4 is 29.9 Å². The lowest BCUT2D eigenvalue weighted by Gasteiger charge is -2.33. The number of morpholine rings is 1. The second kappa shape index (κ2) is 12.3. The van der Waals surface area contributed by atoms with Crippen molar-refractivity contribution in [3.8, 4) is 0 Å². The quantitative estimate of drug-likeness (QED) is 0.280. The number of aliphatic imine (C=N–C) groups is 1. The lowest BCUT2D eigenvalue weighted by atomic mass is 9.99. The van der Waals surface area contributed by atoms with Crippen molar-refractivity contribution in [2.24, 2.45) is 10.9 Å². The summed E-state index contributed by atoms with van der Waals surface area (Å²) in [4.78, 5) is 9.27. The van der Waals surface area contributed by atoms with Gasteiger partial charge < -0.3 is 25.4 Å². The largest absolute Gasteiger partial charge is 0.387 e. The molecule has 2 saturated heterocycles. The lowest BCUT2D eigenvalue weighted by Crippen LogP contribution is -2.48. The second-order valence-electron chi connectivity index (χ2n) is 7.73. The average molecular weight is 483 g/mol. The molecule has 26 heavy (non-hydrogen) atoms. The number of hydrogen-bond donors (Lipinski definition) is 3. The van der Waals surface area contributed by atoms with Crippen LogP contribution in [-0.2, 0) is 4.74 Å². The summed E-state index contributed by atoms with van der Waals surface area (Å²) in [7, 11) is 2.19. The highest BCUT2D eigenvalue weighted by molar-refractivity contribution is 14.0. The van der Waals surface area contributed by atoms with Crippen LogP contribution < -0.4 is 10.6 Å². The second-order valence-corrected chi connectivity index (χ2v) is 7.73. The molecule has 0 spiro atoms. The number of nitrogens with zero attached hydrogens (tertiary/aromatic N) is 3. The van der Waals surface area contributed by atoms with E-state index in [-0.39, 0.29) is 24.0 Å². The minimum absolute atomic E-state index is 0. The summed E-state index contributed by atoms with van der Waals surface area (Å²) >= 11 is 0. The van der Waals surface area contributed by atoms with Crippen molar-refractivity contribution in [3.05, 3.63) is 0 Å². The molecule has 7 nitrogen and oxygen atoms in total. The summed E-state index contributed by atoms with van der Waals surface area (Å²) in [6.07, 6.45) is 2.54. The zero-order valence-electron chi connectivity index (χ0n) is 16.7. The molecule has 2 fully saturated rings. The number of likely N-dealkylation sites (tertiary alicyclic amines) is 1. The Balaban J connectivity index is 0.00000338. The van der Waals surface area contributed by atoms with Crippen molar-refractivity contribution in [1.29, 1.82) is 0 Å². The van der Waals surface area contributed by atoms with Crippen LogP contribution in [0.2, 0.25) is 0 Å². The number of guanidine groups is 1. The van der Waals surface area contributed by atoms with Crippen LogP contribution in [-0.4, -0.2) is 99.1 Å². The van der Waals surface area contributed by atoms with Crippen molar-refractivity contribution in [2.45, 2.75) is 32.3 Å². The fourth-order valence-electron chi connectivity index (χ4n) is 3.56. The Kier molecular flexibility index (Phi) is 11.3. The molecule has 0 aliphatic carbocycles. The first-order valence-corrected chi connectivity index (χ1v) is 9.72. The molecule has 2 heterocycles. The smallest absolute Gasteiger partial charge is 0.191 e. The topological polar surface area (TPSA) is 72.4 Å². The van der Waals surface area contributed by atoms with Crippen LogP contribution in [0.4, 0.5) is 0 Å². The van der Waals surface area contributed by atoms with E-state index >= 15 is 0 Å². The van der Waals surface area contributed by atoms with Gasteiger partial charge in [0.05, 0.1) is 25.4 Å². The van der Waals surface area contributed by atoms with E-state index in [0.717, 1.165) is 51.9 Å². The van der Waals surface area contributed by atoms with E-state index in [9.17, 15) is 5.11 Å². The summed E-state index contributed by atoms with van der Waals surface area (Å²) in [5.74, 6) is 1.47. The Hall–Kier alpha value is -0.160. The van der Waals surface area contributed by atoms with Gasteiger partial charge in [-0.1, -0.05) is 0 Å². The summed E-state index contributed by atoms with van der Waals surface area (Å²) in [6.45, 7) is 12.3. The Morgan fingerprint density at radius 2 is 2.00 bits per heavy atom. The first-order valence-electron chi connectivity index (χ1n) is 9.72. The van der Waals surface area contributed by atoms with E-state index in [0.29, 0.717) is 19.0 Å². The fraction of sp³-hybridized carbons (Fsp3) is 0.944. The van der Waals surface area contributed by atoms with Gasteiger partial charge in [0.1, 0.15) is 0 Å². The van der Waals surface area contributed by atoms with Crippen LogP contribution >= 0.6 is 24.0 Å². The van der Waals surface area contributed by atoms with Gasteiger partial charge in [0, 0.05) is 39.3 Å². The van der Waals surface area contributed by atoms with E-state index < -0.39 is 5.60 Å². The van der Waals surface area contributed by atoms with Gasteiger partial charge in [-0.05, 0) is 46.2 Å². The van der Waals surface area contributed by atoms with Crippen LogP contribution in [0.25, 0.3) is 0 Å². The maximum absolute atomic E-state index is 10.7. The molecule has 3 N–H and O–H groups in total. The molecular formula is C18H38IN5O2. The number of aliphatic hydroxyl groups is 1. The summed E-state index contributed by atoms with van der Waals surface area (Å²) in [5.41, 5.74) is -0.829. The standard InChI is InChI=1S/C18H37N5O2.HI/c1-4-19-17(20-12-16-6-5-7-22(3)13-16)21-14-18(2,24)15-23-8-10-25-11-9-23;/h16,24H,4-15H2,1-3H3,(H2,19,20,21);1H. The first kappa shape index (κ1) is 23.9. The van der Waals surface area contributed by atoms with Gasteiger partial charge in [0.2, 0.25) is 0 Å². The first-order chi connectivity index (χ1) is 12.0. The predicted molar refractivity (Wildman–Crippen MR) is 118 cm³/mol. The number of piperidine rings is 1. The van der Waals surface area contributed by atoms with Gasteiger partial charge in [-0.15, -0.1) is 24.0 Å². The monoisotopic (exact) mass is 483 g/mol. The third-order valence-electron chi connectivity index (χ3n) is 4.87. The third kappa shape index (κ3) is 9.16. The van der Waals surface area contributed by atoms with Crippen molar-refractivity contribution in [2.75, 3.05) is 72.6 Å². The lowest BCUT2D eigenvalue weighted by molar-refractivity contribution is -0.0180. The van der Waals surface area contributed by atoms with Crippen LogP contribution in [0.1, 0.15) is 26.7 Å². The van der Waals surface area contributed by atoms with E-state index in [2.05, 4.69) is 39.4 Å². The SMILES string of the molecule is CCNC(=NCC(C)(O)CN1CCOCC1)NCC1CCCN(C)C1.I. The molecule has 154 valence electrons. The molecule has 2 aliphatic rings. The molecular weight excluding hydrogens is 445 g/mol. The molecule has 0 aromatic rings. The highest BCUT2D eigenvalue weighted by atomic mass is 127. The zero-order chi connectivity index (χ0) is 18.1. The predicted octanol–water partition coefficient (Wildman–Crippen LogP) is 0.585. The molecule has 0 aromatic heterocycles. The minimum atomic E-state index is -0.829. The highest BCUT2D eigenvalue weighted by Crippen LogP contribution is 2.14. The highest BCUT2D eigenvalue weighted by Gasteiger charge is 2.25. The van der Waals surface area contributed by atoms with Gasteiger partial charge in [-0.2, -0.15) is 0 Å². The molecule has 0 saturated carbocycles. The minimum Gasteiger partial charge on any atom is -0.387 e. The number of ether oxygens (including phenoxy) is 1. The Morgan fingerprint density at radius 3 is 2.65 bits per heavy atom. The summed E-state index contributed by atoms with van der Waals surface area (Å²) < 4.78 is 5.37. The van der Waals surface area contributed by atoms with Crippen LogP contribution in [0.3, 0.4) is 0 Å². The van der Waals surface area contributed by atoms with Crippen LogP contribution in [0.5, 0.6) is 0 Å². The van der Waals surface area contributed by atoms with Crippen molar-refractivity contribution < 1.29 is 9.84 Å². The van der Waals surface area contributed by atoms with Crippen molar-refractivity contribution in [3.63, 3.8) is 0 Å². The molecule has 0 bridgehead atoms. The fourth-order valence-corrected chi connectivity index (χ4v) is 3.56. The van der Waals surface area contributed by atoms with Gasteiger partial charge in [-0.25, -0.2) is 0 Å². The van der Waals surface area contributed by atoms with Gasteiger partial charge in [0.15, 0.2) is 5.96 Å². The van der Waals surface area contributed by atoms with Crippen molar-refractivity contribution in [1.82, 2.24) is 20.4 Å². The molecule has 0 aromatic carbocycles. The summed E-state index contributed by atoms with van der Waals surface area (Å²) in [5, 5.41) is 17.4. The Bertz CT molecular complexity index is 416. The van der Waals surface area contributed by atoms with E-state index in [4.69, 9.17) is 4.74 Å². The number of nitrogens with one attached hydrogen (secondary N) is 2. The van der Waals surface area contributed by atoms with Gasteiger partial charge in [0.25, 0.3) is 0 Å². The zero-order valence-corrected chi connectivity index (χ0v) is 19.0. The van der Waals surface area contributed by atoms with E-state index in [1.807, 2.05) is 6.92 Å². The normalized spacial score (nSPS) is 25.2. The maximum atomic E-state index is 10.7. The number of hydrogen-bond acceptors (Lipinski definition) is 5. The summed E-state index contributed by atoms with van der Waals surface area (Å²) in [6, 6.07) is 0. The van der Waals surface area contributed by atoms with E-state index in [1.54, 1.807) is 0 Å². The average Bonchev–Trinajstić information content (AvgIpc) is 2.58. The van der Waals surface area contributed by atoms with Crippen LogP contribution in [0, 0.1) is 5.92 Å². The van der Waals surface area contributed by atoms with E-state index in [1.165, 1.54) is 19.4 Å². The molecule has 2 unspecified atom stereocenters. The molecule has 8 heteroatoms. The van der Waals surface area contributed by atoms with Gasteiger partial charge in [-0.3, -0.25) is 9.89 Å².